The average Bonchev–Trinajstić information content (AvgIpc) is 3.00. The topological polar surface area (TPSA) is 64.6 Å². The third-order valence-electron chi connectivity index (χ3n) is 4.49. The van der Waals surface area contributed by atoms with Crippen molar-refractivity contribution < 1.29 is 9.90 Å². The van der Waals surface area contributed by atoms with E-state index in [-0.39, 0.29) is 6.03 Å². The van der Waals surface area contributed by atoms with Crippen LogP contribution < -0.4 is 10.6 Å². The van der Waals surface area contributed by atoms with Crippen molar-refractivity contribution in [1.82, 2.24) is 15.5 Å². The molecule has 0 spiro atoms. The summed E-state index contributed by atoms with van der Waals surface area (Å²) in [5, 5.41) is 17.9. The molecule has 0 saturated heterocycles. The van der Waals surface area contributed by atoms with E-state index >= 15 is 0 Å². The fourth-order valence-electron chi connectivity index (χ4n) is 2.63. The van der Waals surface area contributed by atoms with Crippen molar-refractivity contribution in [3.05, 3.63) is 21.9 Å². The van der Waals surface area contributed by atoms with E-state index < -0.39 is 5.60 Å². The molecule has 0 aliphatic carbocycles. The molecule has 0 radical (unpaired) electrons. The highest BCUT2D eigenvalue weighted by molar-refractivity contribution is 7.10. The second-order valence-corrected chi connectivity index (χ2v) is 6.94. The zero-order valence-electron chi connectivity index (χ0n) is 13.5. The normalized spacial score (nSPS) is 15.4. The van der Waals surface area contributed by atoms with Gasteiger partial charge >= 0.3 is 6.03 Å². The molecule has 2 heterocycles. The number of nitrogens with one attached hydrogen (secondary N) is 2. The number of aliphatic hydroxyl groups is 1. The minimum absolute atomic E-state index is 0.200. The molecule has 0 bridgehead atoms. The Morgan fingerprint density at radius 2 is 2.18 bits per heavy atom. The Balaban J connectivity index is 1.64. The van der Waals surface area contributed by atoms with Crippen molar-refractivity contribution in [2.45, 2.75) is 45.3 Å². The number of carbonyl (C=O) groups is 1. The summed E-state index contributed by atoms with van der Waals surface area (Å²) in [4.78, 5) is 15.6. The van der Waals surface area contributed by atoms with Gasteiger partial charge in [-0.05, 0) is 36.3 Å². The second kappa shape index (κ2) is 7.94. The van der Waals surface area contributed by atoms with Crippen LogP contribution in [0.25, 0.3) is 0 Å². The van der Waals surface area contributed by atoms with Crippen LogP contribution in [0.15, 0.2) is 11.4 Å². The number of rotatable bonds is 7. The maximum atomic E-state index is 11.8. The summed E-state index contributed by atoms with van der Waals surface area (Å²) in [6, 6.07) is 2.00. The Morgan fingerprint density at radius 1 is 1.41 bits per heavy atom. The molecule has 1 aromatic heterocycles. The van der Waals surface area contributed by atoms with Crippen molar-refractivity contribution in [2.75, 3.05) is 26.2 Å². The summed E-state index contributed by atoms with van der Waals surface area (Å²) in [5.41, 5.74) is 0.635. The van der Waals surface area contributed by atoms with Gasteiger partial charge in [-0.3, -0.25) is 4.90 Å². The van der Waals surface area contributed by atoms with Crippen molar-refractivity contribution >= 4 is 17.4 Å². The van der Waals surface area contributed by atoms with Crippen LogP contribution in [0, 0.1) is 0 Å². The second-order valence-electron chi connectivity index (χ2n) is 5.94. The van der Waals surface area contributed by atoms with Gasteiger partial charge in [0.25, 0.3) is 0 Å². The predicted octanol–water partition coefficient (Wildman–Crippen LogP) is 1.96. The summed E-state index contributed by atoms with van der Waals surface area (Å²) in [7, 11) is 0. The van der Waals surface area contributed by atoms with Gasteiger partial charge in [0.1, 0.15) is 0 Å². The van der Waals surface area contributed by atoms with Gasteiger partial charge in [0, 0.05) is 37.6 Å². The van der Waals surface area contributed by atoms with Gasteiger partial charge in [0.2, 0.25) is 0 Å². The largest absolute Gasteiger partial charge is 0.388 e. The van der Waals surface area contributed by atoms with Gasteiger partial charge < -0.3 is 15.7 Å². The summed E-state index contributed by atoms with van der Waals surface area (Å²) in [6.07, 6.45) is 2.39. The van der Waals surface area contributed by atoms with Crippen LogP contribution in [0.2, 0.25) is 0 Å². The summed E-state index contributed by atoms with van der Waals surface area (Å²) in [6.45, 7) is 7.68. The number of nitrogens with zero attached hydrogens (tertiary/aromatic N) is 1. The smallest absolute Gasteiger partial charge is 0.314 e. The van der Waals surface area contributed by atoms with Crippen LogP contribution >= 0.6 is 11.3 Å². The average molecular weight is 325 g/mol. The van der Waals surface area contributed by atoms with E-state index in [0.717, 1.165) is 26.1 Å². The Kier molecular flexibility index (Phi) is 6.23. The number of thiophene rings is 1. The van der Waals surface area contributed by atoms with Crippen molar-refractivity contribution in [2.24, 2.45) is 0 Å². The molecule has 0 saturated carbocycles. The quantitative estimate of drug-likeness (QED) is 0.718. The molecule has 0 aromatic carbocycles. The first-order chi connectivity index (χ1) is 10.6. The Morgan fingerprint density at radius 3 is 2.91 bits per heavy atom. The molecular weight excluding hydrogens is 298 g/mol. The van der Waals surface area contributed by atoms with Crippen LogP contribution in [-0.2, 0) is 13.0 Å². The van der Waals surface area contributed by atoms with Crippen molar-refractivity contribution in [1.29, 1.82) is 0 Å². The monoisotopic (exact) mass is 325 g/mol. The molecule has 2 amide bonds. The minimum Gasteiger partial charge on any atom is -0.388 e. The molecule has 22 heavy (non-hydrogen) atoms. The number of hydrogen-bond acceptors (Lipinski definition) is 4. The molecule has 1 aliphatic rings. The van der Waals surface area contributed by atoms with Gasteiger partial charge in [-0.1, -0.05) is 13.8 Å². The maximum absolute atomic E-state index is 11.8. The molecule has 0 fully saturated rings. The molecule has 6 heteroatoms. The van der Waals surface area contributed by atoms with Gasteiger partial charge in [0.05, 0.1) is 5.60 Å². The molecule has 0 atom stereocenters. The lowest BCUT2D eigenvalue weighted by Gasteiger charge is -2.27. The number of hydrogen-bond donors (Lipinski definition) is 3. The number of carbonyl (C=O) groups excluding carboxylic acids is 1. The standard InChI is InChI=1S/C16H27N3O2S/c1-3-16(21,4-2)12-18-15(20)17-7-9-19-8-5-14-13(11-19)6-10-22-14/h6,10,21H,3-5,7-9,11-12H2,1-2H3,(H2,17,18,20). The SMILES string of the molecule is CCC(O)(CC)CNC(=O)NCCN1CCc2sccc2C1. The molecule has 124 valence electrons. The lowest BCUT2D eigenvalue weighted by atomic mass is 9.98. The molecule has 5 nitrogen and oxygen atoms in total. The highest BCUT2D eigenvalue weighted by Crippen LogP contribution is 2.23. The maximum Gasteiger partial charge on any atom is 0.314 e. The Hall–Kier alpha value is -1.11. The van der Waals surface area contributed by atoms with E-state index in [1.807, 2.05) is 25.2 Å². The lowest BCUT2D eigenvalue weighted by Crippen LogP contribution is -2.47. The summed E-state index contributed by atoms with van der Waals surface area (Å²) < 4.78 is 0. The fourth-order valence-corrected chi connectivity index (χ4v) is 3.52. The van der Waals surface area contributed by atoms with Gasteiger partial charge in [-0.25, -0.2) is 4.79 Å². The van der Waals surface area contributed by atoms with E-state index in [1.54, 1.807) is 0 Å². The first kappa shape index (κ1) is 17.2. The zero-order chi connectivity index (χ0) is 16.0. The molecular formula is C16H27N3O2S. The third-order valence-corrected chi connectivity index (χ3v) is 5.52. The highest BCUT2D eigenvalue weighted by Gasteiger charge is 2.22. The lowest BCUT2D eigenvalue weighted by molar-refractivity contribution is 0.0349. The highest BCUT2D eigenvalue weighted by atomic mass is 32.1. The minimum atomic E-state index is -0.792. The van der Waals surface area contributed by atoms with Gasteiger partial charge in [-0.15, -0.1) is 11.3 Å². The number of fused-ring (bicyclic) bond motifs is 1. The van der Waals surface area contributed by atoms with Crippen molar-refractivity contribution in [3.8, 4) is 0 Å². The molecule has 0 unspecified atom stereocenters. The van der Waals surface area contributed by atoms with Crippen LogP contribution in [-0.4, -0.2) is 47.8 Å². The number of amides is 2. The molecule has 1 aromatic rings. The van der Waals surface area contributed by atoms with Crippen LogP contribution in [0.4, 0.5) is 4.79 Å². The van der Waals surface area contributed by atoms with Gasteiger partial charge in [-0.2, -0.15) is 0 Å². The predicted molar refractivity (Wildman–Crippen MR) is 90.2 cm³/mol. The van der Waals surface area contributed by atoms with E-state index in [2.05, 4.69) is 27.0 Å². The van der Waals surface area contributed by atoms with E-state index in [1.165, 1.54) is 10.4 Å². The number of urea groups is 1. The zero-order valence-corrected chi connectivity index (χ0v) is 14.3. The Bertz CT molecular complexity index is 485. The van der Waals surface area contributed by atoms with Gasteiger partial charge in [0.15, 0.2) is 0 Å². The fraction of sp³-hybridized carbons (Fsp3) is 0.688. The van der Waals surface area contributed by atoms with E-state index in [4.69, 9.17) is 0 Å². The first-order valence-corrected chi connectivity index (χ1v) is 8.96. The molecule has 1 aliphatic heterocycles. The summed E-state index contributed by atoms with van der Waals surface area (Å²) >= 11 is 1.84. The first-order valence-electron chi connectivity index (χ1n) is 8.08. The Labute approximate surface area is 136 Å². The summed E-state index contributed by atoms with van der Waals surface area (Å²) in [5.74, 6) is 0. The third kappa shape index (κ3) is 4.69. The molecule has 3 N–H and O–H groups in total. The van der Waals surface area contributed by atoms with E-state index in [0.29, 0.717) is 25.9 Å². The van der Waals surface area contributed by atoms with E-state index in [9.17, 15) is 9.90 Å². The van der Waals surface area contributed by atoms with Crippen molar-refractivity contribution in [3.63, 3.8) is 0 Å². The molecule has 2 rings (SSSR count). The van der Waals surface area contributed by atoms with Crippen LogP contribution in [0.1, 0.15) is 37.1 Å². The van der Waals surface area contributed by atoms with Crippen LogP contribution in [0.3, 0.4) is 0 Å². The van der Waals surface area contributed by atoms with Crippen LogP contribution in [0.5, 0.6) is 0 Å².